The third-order valence-electron chi connectivity index (χ3n) is 3.85. The normalized spacial score (nSPS) is 20.1. The van der Waals surface area contributed by atoms with Gasteiger partial charge in [0.25, 0.3) is 0 Å². The van der Waals surface area contributed by atoms with Crippen molar-refractivity contribution in [1.29, 1.82) is 0 Å². The molecule has 0 aromatic rings. The second-order valence-corrected chi connectivity index (χ2v) is 6.16. The van der Waals surface area contributed by atoms with Gasteiger partial charge in [-0.2, -0.15) is 0 Å². The Morgan fingerprint density at radius 1 is 1.35 bits per heavy atom. The van der Waals surface area contributed by atoms with Crippen LogP contribution in [0.5, 0.6) is 0 Å². The van der Waals surface area contributed by atoms with Gasteiger partial charge in [-0.05, 0) is 50.2 Å². The Balaban J connectivity index is 2.78. The maximum atomic E-state index is 10.9. The van der Waals surface area contributed by atoms with E-state index in [0.29, 0.717) is 0 Å². The molecule has 0 saturated carbocycles. The maximum absolute atomic E-state index is 10.9. The Kier molecular flexibility index (Phi) is 6.15. The zero-order chi connectivity index (χ0) is 15.2. The molecule has 110 valence electrons. The van der Waals surface area contributed by atoms with Crippen LogP contribution in [0, 0.1) is 5.41 Å². The molecule has 0 saturated heterocycles. The molecule has 2 heteroatoms. The van der Waals surface area contributed by atoms with Gasteiger partial charge < -0.3 is 5.11 Å². The van der Waals surface area contributed by atoms with Gasteiger partial charge in [0.05, 0.1) is 0 Å². The first-order valence-electron chi connectivity index (χ1n) is 7.24. The molecule has 0 amide bonds. The summed E-state index contributed by atoms with van der Waals surface area (Å²) >= 11 is 0. The quantitative estimate of drug-likeness (QED) is 0.604. The van der Waals surface area contributed by atoms with E-state index in [1.165, 1.54) is 36.5 Å². The van der Waals surface area contributed by atoms with Crippen LogP contribution in [-0.4, -0.2) is 17.5 Å². The minimum Gasteiger partial charge on any atom is -0.388 e. The summed E-state index contributed by atoms with van der Waals surface area (Å²) in [6, 6.07) is 0. The number of allylic oxidation sites excluding steroid dienone is 7. The molecule has 0 bridgehead atoms. The third kappa shape index (κ3) is 4.93. The Morgan fingerprint density at radius 2 is 2.05 bits per heavy atom. The number of aliphatic hydroxyl groups excluding tert-OH is 1. The van der Waals surface area contributed by atoms with E-state index in [4.69, 9.17) is 5.11 Å². The third-order valence-corrected chi connectivity index (χ3v) is 3.85. The Bertz CT molecular complexity index is 474. The van der Waals surface area contributed by atoms with Gasteiger partial charge in [-0.25, -0.2) is 0 Å². The lowest BCUT2D eigenvalue weighted by Crippen LogP contribution is -2.19. The van der Waals surface area contributed by atoms with Crippen molar-refractivity contribution in [2.24, 2.45) is 5.41 Å². The fourth-order valence-corrected chi connectivity index (χ4v) is 2.64. The molecule has 0 aromatic carbocycles. The highest BCUT2D eigenvalue weighted by atomic mass is 16.3. The highest BCUT2D eigenvalue weighted by molar-refractivity contribution is 5.90. The second-order valence-electron chi connectivity index (χ2n) is 6.16. The number of carbonyl (C=O) groups is 1. The van der Waals surface area contributed by atoms with E-state index in [9.17, 15) is 4.79 Å². The van der Waals surface area contributed by atoms with E-state index >= 15 is 0 Å². The lowest BCUT2D eigenvalue weighted by Gasteiger charge is -2.32. The Morgan fingerprint density at radius 3 is 2.65 bits per heavy atom. The molecule has 1 rings (SSSR count). The van der Waals surface area contributed by atoms with Crippen molar-refractivity contribution in [2.75, 3.05) is 6.61 Å². The molecule has 20 heavy (non-hydrogen) atoms. The van der Waals surface area contributed by atoms with Crippen LogP contribution in [0.25, 0.3) is 0 Å². The van der Waals surface area contributed by atoms with Crippen molar-refractivity contribution < 1.29 is 9.90 Å². The van der Waals surface area contributed by atoms with Crippen molar-refractivity contribution in [3.63, 3.8) is 0 Å². The monoisotopic (exact) mass is 274 g/mol. The second kappa shape index (κ2) is 7.39. The predicted octanol–water partition coefficient (Wildman–Crippen LogP) is 4.13. The fourth-order valence-electron chi connectivity index (χ4n) is 2.64. The van der Waals surface area contributed by atoms with E-state index < -0.39 is 6.61 Å². The largest absolute Gasteiger partial charge is 0.388 e. The highest BCUT2D eigenvalue weighted by Gasteiger charge is 2.26. The Labute approximate surface area is 122 Å². The lowest BCUT2D eigenvalue weighted by atomic mass is 9.72. The van der Waals surface area contributed by atoms with Gasteiger partial charge in [-0.15, -0.1) is 0 Å². The van der Waals surface area contributed by atoms with Crippen molar-refractivity contribution in [2.45, 2.75) is 47.0 Å². The van der Waals surface area contributed by atoms with Crippen LogP contribution in [0.3, 0.4) is 0 Å². The van der Waals surface area contributed by atoms with E-state index in [1.807, 2.05) is 13.0 Å². The number of hydrogen-bond acceptors (Lipinski definition) is 2. The molecule has 0 aromatic heterocycles. The van der Waals surface area contributed by atoms with Crippen molar-refractivity contribution in [3.8, 4) is 0 Å². The van der Waals surface area contributed by atoms with Gasteiger partial charge in [-0.3, -0.25) is 4.79 Å². The number of hydrogen-bond donors (Lipinski definition) is 1. The molecule has 0 spiro atoms. The molecule has 0 radical (unpaired) electrons. The molecule has 1 aliphatic carbocycles. The van der Waals surface area contributed by atoms with Crippen LogP contribution < -0.4 is 0 Å². The van der Waals surface area contributed by atoms with E-state index in [2.05, 4.69) is 32.9 Å². The molecule has 2 nitrogen and oxygen atoms in total. The first-order chi connectivity index (χ1) is 9.36. The van der Waals surface area contributed by atoms with Crippen LogP contribution in [-0.2, 0) is 4.79 Å². The SMILES string of the molecule is CC1=C(/C=C/C(C)=C/C=C/C(=O)CO)C(C)(C)CCC1. The minimum absolute atomic E-state index is 0.252. The first kappa shape index (κ1) is 16.6. The average Bonchev–Trinajstić information content (AvgIpc) is 2.37. The molecule has 0 fully saturated rings. The Hall–Kier alpha value is -1.41. The minimum atomic E-state index is -0.431. The van der Waals surface area contributed by atoms with Gasteiger partial charge in [-0.1, -0.05) is 49.3 Å². The number of rotatable bonds is 5. The fraction of sp³-hybridized carbons (Fsp3) is 0.500. The summed E-state index contributed by atoms with van der Waals surface area (Å²) in [6.07, 6.45) is 13.0. The molecule has 0 heterocycles. The summed E-state index contributed by atoms with van der Waals surface area (Å²) in [4.78, 5) is 10.9. The standard InChI is InChI=1S/C18H26O2/c1-14(7-5-9-16(20)13-19)10-11-17-15(2)8-6-12-18(17,3)4/h5,7,9-11,19H,6,8,12-13H2,1-4H3/b9-5+,11-10+,14-7+. The average molecular weight is 274 g/mol. The highest BCUT2D eigenvalue weighted by Crippen LogP contribution is 2.40. The van der Waals surface area contributed by atoms with Crippen LogP contribution in [0.1, 0.15) is 47.0 Å². The molecule has 1 N–H and O–H groups in total. The van der Waals surface area contributed by atoms with Crippen LogP contribution in [0.4, 0.5) is 0 Å². The first-order valence-corrected chi connectivity index (χ1v) is 7.24. The smallest absolute Gasteiger partial charge is 0.180 e. The van der Waals surface area contributed by atoms with Gasteiger partial charge in [0.1, 0.15) is 6.61 Å². The number of ketones is 1. The topological polar surface area (TPSA) is 37.3 Å². The molecular weight excluding hydrogens is 248 g/mol. The number of carbonyl (C=O) groups excluding carboxylic acids is 1. The van der Waals surface area contributed by atoms with Crippen molar-refractivity contribution >= 4 is 5.78 Å². The maximum Gasteiger partial charge on any atom is 0.180 e. The summed E-state index contributed by atoms with van der Waals surface area (Å²) in [7, 11) is 0. The number of aliphatic hydroxyl groups is 1. The molecule has 0 aliphatic heterocycles. The van der Waals surface area contributed by atoms with Crippen LogP contribution >= 0.6 is 0 Å². The van der Waals surface area contributed by atoms with E-state index in [1.54, 1.807) is 6.08 Å². The summed E-state index contributed by atoms with van der Waals surface area (Å²) in [5.74, 6) is -0.273. The van der Waals surface area contributed by atoms with Crippen molar-refractivity contribution in [3.05, 3.63) is 47.1 Å². The summed E-state index contributed by atoms with van der Waals surface area (Å²) in [5.41, 5.74) is 4.26. The molecule has 0 unspecified atom stereocenters. The van der Waals surface area contributed by atoms with E-state index in [-0.39, 0.29) is 11.2 Å². The van der Waals surface area contributed by atoms with Gasteiger partial charge in [0.15, 0.2) is 5.78 Å². The van der Waals surface area contributed by atoms with Gasteiger partial charge in [0.2, 0.25) is 0 Å². The zero-order valence-electron chi connectivity index (χ0n) is 13.1. The summed E-state index contributed by atoms with van der Waals surface area (Å²) < 4.78 is 0. The van der Waals surface area contributed by atoms with Gasteiger partial charge >= 0.3 is 0 Å². The zero-order valence-corrected chi connectivity index (χ0v) is 13.1. The van der Waals surface area contributed by atoms with Crippen LogP contribution in [0.2, 0.25) is 0 Å². The van der Waals surface area contributed by atoms with Crippen LogP contribution in [0.15, 0.2) is 47.1 Å². The predicted molar refractivity (Wildman–Crippen MR) is 84.5 cm³/mol. The molecule has 1 aliphatic rings. The van der Waals surface area contributed by atoms with Crippen molar-refractivity contribution in [1.82, 2.24) is 0 Å². The molecular formula is C18H26O2. The summed E-state index contributed by atoms with van der Waals surface area (Å²) in [5, 5.41) is 8.62. The van der Waals surface area contributed by atoms with E-state index in [0.717, 1.165) is 5.57 Å². The summed E-state index contributed by atoms with van der Waals surface area (Å²) in [6.45, 7) is 8.40. The lowest BCUT2D eigenvalue weighted by molar-refractivity contribution is -0.117. The molecule has 0 atom stereocenters. The van der Waals surface area contributed by atoms with Gasteiger partial charge in [0, 0.05) is 0 Å².